The van der Waals surface area contributed by atoms with E-state index in [1.165, 1.54) is 5.56 Å². The van der Waals surface area contributed by atoms with Crippen molar-refractivity contribution in [3.63, 3.8) is 0 Å². The predicted octanol–water partition coefficient (Wildman–Crippen LogP) is 2.29. The molecule has 2 heterocycles. The summed E-state index contributed by atoms with van der Waals surface area (Å²) in [7, 11) is 0. The molecule has 0 unspecified atom stereocenters. The van der Waals surface area contributed by atoms with Gasteiger partial charge in [-0.25, -0.2) is 0 Å². The molecular weight excluding hydrogens is 230 g/mol. The van der Waals surface area contributed by atoms with Crippen LogP contribution in [0.5, 0.6) is 0 Å². The minimum absolute atomic E-state index is 0.396. The number of nitrogens with two attached hydrogens (primary N) is 1. The maximum Gasteiger partial charge on any atom is 0.283 e. The van der Waals surface area contributed by atoms with E-state index in [0.29, 0.717) is 30.5 Å². The molecule has 2 N–H and O–H groups in total. The van der Waals surface area contributed by atoms with Gasteiger partial charge in [-0.3, -0.25) is 0 Å². The molecule has 0 saturated heterocycles. The quantitative estimate of drug-likeness (QED) is 0.763. The zero-order valence-corrected chi connectivity index (χ0v) is 10.0. The van der Waals surface area contributed by atoms with Crippen molar-refractivity contribution in [2.75, 3.05) is 6.54 Å². The first-order chi connectivity index (χ1) is 8.76. The van der Waals surface area contributed by atoms with Gasteiger partial charge in [-0.2, -0.15) is 0 Å². The summed E-state index contributed by atoms with van der Waals surface area (Å²) in [5.74, 6) is 1.52. The summed E-state index contributed by atoms with van der Waals surface area (Å²) in [6.07, 6.45) is 0.576. The smallest absolute Gasteiger partial charge is 0.283 e. The molecule has 5 heteroatoms. The number of aryl methyl sites for hydroxylation is 1. The van der Waals surface area contributed by atoms with Crippen LogP contribution in [-0.4, -0.2) is 16.7 Å². The van der Waals surface area contributed by atoms with Crippen molar-refractivity contribution in [2.45, 2.75) is 13.3 Å². The van der Waals surface area contributed by atoms with E-state index < -0.39 is 0 Å². The summed E-state index contributed by atoms with van der Waals surface area (Å²) >= 11 is 0. The van der Waals surface area contributed by atoms with Crippen LogP contribution in [0.15, 0.2) is 33.1 Å². The fourth-order valence-corrected chi connectivity index (χ4v) is 1.85. The lowest BCUT2D eigenvalue weighted by Crippen LogP contribution is -2.02. The zero-order valence-electron chi connectivity index (χ0n) is 10.0. The largest absolute Gasteiger partial charge is 0.451 e. The van der Waals surface area contributed by atoms with Crippen LogP contribution in [0.4, 0.5) is 0 Å². The number of aromatic nitrogens is 2. The second kappa shape index (κ2) is 4.27. The van der Waals surface area contributed by atoms with E-state index in [9.17, 15) is 0 Å². The highest BCUT2D eigenvalue weighted by Gasteiger charge is 2.13. The van der Waals surface area contributed by atoms with Gasteiger partial charge in [-0.1, -0.05) is 11.6 Å². The Balaban J connectivity index is 2.02. The molecule has 0 aliphatic rings. The third-order valence-corrected chi connectivity index (χ3v) is 2.71. The van der Waals surface area contributed by atoms with E-state index in [1.54, 1.807) is 0 Å². The van der Waals surface area contributed by atoms with Crippen LogP contribution in [0.25, 0.3) is 22.6 Å². The van der Waals surface area contributed by atoms with Crippen LogP contribution in [0.1, 0.15) is 11.5 Å². The van der Waals surface area contributed by atoms with E-state index >= 15 is 0 Å². The Morgan fingerprint density at radius 2 is 2.06 bits per heavy atom. The summed E-state index contributed by atoms with van der Waals surface area (Å²) in [4.78, 5) is 0. The first-order valence-corrected chi connectivity index (χ1v) is 5.79. The maximum absolute atomic E-state index is 5.67. The third kappa shape index (κ3) is 1.89. The number of furan rings is 1. The van der Waals surface area contributed by atoms with Crippen molar-refractivity contribution < 1.29 is 8.83 Å². The molecule has 0 spiro atoms. The van der Waals surface area contributed by atoms with E-state index in [2.05, 4.69) is 16.3 Å². The minimum Gasteiger partial charge on any atom is -0.451 e. The number of benzene rings is 1. The Kier molecular flexibility index (Phi) is 2.60. The Morgan fingerprint density at radius 1 is 1.17 bits per heavy atom. The molecule has 5 nitrogen and oxygen atoms in total. The summed E-state index contributed by atoms with van der Waals surface area (Å²) in [5.41, 5.74) is 7.43. The number of nitrogens with zero attached hydrogens (tertiary/aromatic N) is 2. The molecule has 0 saturated carbocycles. The molecule has 0 atom stereocenters. The maximum atomic E-state index is 5.67. The summed E-state index contributed by atoms with van der Waals surface area (Å²) in [6, 6.07) is 7.90. The molecule has 92 valence electrons. The highest BCUT2D eigenvalue weighted by molar-refractivity contribution is 5.82. The van der Waals surface area contributed by atoms with Gasteiger partial charge in [-0.15, -0.1) is 10.2 Å². The number of rotatable bonds is 3. The van der Waals surface area contributed by atoms with Gasteiger partial charge in [0, 0.05) is 18.4 Å². The molecule has 0 fully saturated rings. The topological polar surface area (TPSA) is 78.1 Å². The van der Waals surface area contributed by atoms with Gasteiger partial charge < -0.3 is 14.6 Å². The monoisotopic (exact) mass is 243 g/mol. The molecular formula is C13H13N3O2. The van der Waals surface area contributed by atoms with Crippen LogP contribution in [0.3, 0.4) is 0 Å². The average Bonchev–Trinajstić information content (AvgIpc) is 2.94. The Morgan fingerprint density at radius 3 is 2.89 bits per heavy atom. The summed E-state index contributed by atoms with van der Waals surface area (Å²) in [5, 5.41) is 8.90. The second-order valence-electron chi connectivity index (χ2n) is 4.19. The number of hydrogen-bond donors (Lipinski definition) is 1. The van der Waals surface area contributed by atoms with Crippen molar-refractivity contribution in [1.29, 1.82) is 0 Å². The fraction of sp³-hybridized carbons (Fsp3) is 0.231. The van der Waals surface area contributed by atoms with Crippen molar-refractivity contribution in [2.24, 2.45) is 5.73 Å². The van der Waals surface area contributed by atoms with Crippen LogP contribution < -0.4 is 5.73 Å². The molecule has 3 rings (SSSR count). The van der Waals surface area contributed by atoms with Crippen LogP contribution in [-0.2, 0) is 6.42 Å². The van der Waals surface area contributed by atoms with Crippen molar-refractivity contribution >= 4 is 11.0 Å². The molecule has 0 bridgehead atoms. The van der Waals surface area contributed by atoms with Crippen LogP contribution in [0.2, 0.25) is 0 Å². The first kappa shape index (κ1) is 11.0. The first-order valence-electron chi connectivity index (χ1n) is 5.79. The molecule has 0 aliphatic heterocycles. The zero-order chi connectivity index (χ0) is 12.5. The number of hydrogen-bond acceptors (Lipinski definition) is 5. The highest BCUT2D eigenvalue weighted by atomic mass is 16.4. The normalized spacial score (nSPS) is 11.2. The van der Waals surface area contributed by atoms with Crippen molar-refractivity contribution in [3.05, 3.63) is 35.7 Å². The third-order valence-electron chi connectivity index (χ3n) is 2.71. The lowest BCUT2D eigenvalue weighted by molar-refractivity contribution is 0.488. The minimum atomic E-state index is 0.396. The van der Waals surface area contributed by atoms with Crippen LogP contribution in [0, 0.1) is 6.92 Å². The van der Waals surface area contributed by atoms with E-state index in [4.69, 9.17) is 14.6 Å². The number of fused-ring (bicyclic) bond motifs is 1. The molecule has 1 aromatic carbocycles. The van der Waals surface area contributed by atoms with Gasteiger partial charge in [0.15, 0.2) is 5.76 Å². The van der Waals surface area contributed by atoms with Gasteiger partial charge >= 0.3 is 0 Å². The Labute approximate surface area is 104 Å². The molecule has 3 aromatic rings. The van der Waals surface area contributed by atoms with Gasteiger partial charge in [-0.05, 0) is 25.1 Å². The molecule has 0 amide bonds. The van der Waals surface area contributed by atoms with Gasteiger partial charge in [0.2, 0.25) is 5.89 Å². The van der Waals surface area contributed by atoms with E-state index in [1.807, 2.05) is 25.1 Å². The van der Waals surface area contributed by atoms with Gasteiger partial charge in [0.25, 0.3) is 5.89 Å². The van der Waals surface area contributed by atoms with Crippen LogP contribution >= 0.6 is 0 Å². The highest BCUT2D eigenvalue weighted by Crippen LogP contribution is 2.27. The fourth-order valence-electron chi connectivity index (χ4n) is 1.85. The van der Waals surface area contributed by atoms with E-state index in [0.717, 1.165) is 11.0 Å². The lowest BCUT2D eigenvalue weighted by atomic mass is 10.2. The lowest BCUT2D eigenvalue weighted by Gasteiger charge is -1.89. The Bertz CT molecular complexity index is 684. The summed E-state index contributed by atoms with van der Waals surface area (Å²) < 4.78 is 11.1. The van der Waals surface area contributed by atoms with Crippen molar-refractivity contribution in [3.8, 4) is 11.7 Å². The molecule has 0 radical (unpaired) electrons. The SMILES string of the molecule is Cc1ccc2oc(-c3nnc(CCN)o3)cc2c1. The van der Waals surface area contributed by atoms with E-state index in [-0.39, 0.29) is 0 Å². The second-order valence-corrected chi connectivity index (χ2v) is 4.19. The van der Waals surface area contributed by atoms with Gasteiger partial charge in [0.05, 0.1) is 0 Å². The van der Waals surface area contributed by atoms with Crippen molar-refractivity contribution in [1.82, 2.24) is 10.2 Å². The summed E-state index contributed by atoms with van der Waals surface area (Å²) in [6.45, 7) is 2.53. The van der Waals surface area contributed by atoms with Gasteiger partial charge in [0.1, 0.15) is 5.58 Å². The molecule has 0 aliphatic carbocycles. The molecule has 18 heavy (non-hydrogen) atoms. The molecule has 2 aromatic heterocycles. The predicted molar refractivity (Wildman–Crippen MR) is 67.0 cm³/mol. The Hall–Kier alpha value is -2.14. The average molecular weight is 243 g/mol. The standard InChI is InChI=1S/C13H13N3O2/c1-8-2-3-10-9(6-8)7-11(17-10)13-16-15-12(18-13)4-5-14/h2-3,6-7H,4-5,14H2,1H3.